The smallest absolute Gasteiger partial charge is 0.328 e. The van der Waals surface area contributed by atoms with E-state index in [-0.39, 0.29) is 0 Å². The van der Waals surface area contributed by atoms with Crippen molar-refractivity contribution in [2.75, 3.05) is 13.1 Å². The predicted molar refractivity (Wildman–Crippen MR) is 73.8 cm³/mol. The van der Waals surface area contributed by atoms with Crippen molar-refractivity contribution in [3.8, 4) is 0 Å². The van der Waals surface area contributed by atoms with Crippen molar-refractivity contribution < 1.29 is 9.90 Å². The molecule has 0 aromatic heterocycles. The predicted octanol–water partition coefficient (Wildman–Crippen LogP) is 2.41. The molecule has 0 bridgehead atoms. The first kappa shape index (κ1) is 14.5. The Hall–Kier alpha value is -1.61. The highest BCUT2D eigenvalue weighted by molar-refractivity contribution is 5.79. The normalized spacial score (nSPS) is 10.9. The van der Waals surface area contributed by atoms with Crippen molar-refractivity contribution in [3.63, 3.8) is 0 Å². The molecule has 3 nitrogen and oxygen atoms in total. The molecular weight excluding hydrogens is 226 g/mol. The van der Waals surface area contributed by atoms with Crippen LogP contribution in [0.5, 0.6) is 0 Å². The first-order chi connectivity index (χ1) is 8.72. The van der Waals surface area contributed by atoms with E-state index in [2.05, 4.69) is 36.5 Å². The molecule has 2 N–H and O–H groups in total. The Balaban J connectivity index is 2.21. The van der Waals surface area contributed by atoms with Crippen LogP contribution < -0.4 is 5.32 Å². The summed E-state index contributed by atoms with van der Waals surface area (Å²) in [6.07, 6.45) is 6.06. The zero-order valence-electron chi connectivity index (χ0n) is 10.9. The highest BCUT2D eigenvalue weighted by atomic mass is 16.4. The number of nitrogens with one attached hydrogen (secondary N) is 1. The summed E-state index contributed by atoms with van der Waals surface area (Å²) in [6, 6.07) is 8.70. The van der Waals surface area contributed by atoms with Crippen LogP contribution in [0.4, 0.5) is 0 Å². The molecule has 0 atom stereocenters. The van der Waals surface area contributed by atoms with E-state index in [1.165, 1.54) is 17.5 Å². The summed E-state index contributed by atoms with van der Waals surface area (Å²) in [5, 5.41) is 11.6. The largest absolute Gasteiger partial charge is 0.478 e. The molecule has 18 heavy (non-hydrogen) atoms. The quantitative estimate of drug-likeness (QED) is 0.548. The van der Waals surface area contributed by atoms with E-state index in [4.69, 9.17) is 5.11 Å². The second-order valence-corrected chi connectivity index (χ2v) is 4.26. The van der Waals surface area contributed by atoms with Gasteiger partial charge in [0.15, 0.2) is 0 Å². The minimum Gasteiger partial charge on any atom is -0.478 e. The molecule has 0 heterocycles. The van der Waals surface area contributed by atoms with Crippen molar-refractivity contribution in [2.45, 2.75) is 26.2 Å². The fraction of sp³-hybridized carbons (Fsp3) is 0.400. The molecule has 98 valence electrons. The second-order valence-electron chi connectivity index (χ2n) is 4.26. The van der Waals surface area contributed by atoms with Gasteiger partial charge >= 0.3 is 5.97 Å². The molecule has 1 aromatic rings. The van der Waals surface area contributed by atoms with Gasteiger partial charge < -0.3 is 10.4 Å². The lowest BCUT2D eigenvalue weighted by Gasteiger charge is -2.04. The summed E-state index contributed by atoms with van der Waals surface area (Å²) in [4.78, 5) is 10.2. The summed E-state index contributed by atoms with van der Waals surface area (Å²) in [5.74, 6) is -0.900. The molecule has 0 aliphatic carbocycles. The van der Waals surface area contributed by atoms with Gasteiger partial charge in [0.2, 0.25) is 0 Å². The lowest BCUT2D eigenvalue weighted by atomic mass is 10.1. The number of benzene rings is 1. The molecule has 0 radical (unpaired) electrons. The monoisotopic (exact) mass is 247 g/mol. The topological polar surface area (TPSA) is 49.3 Å². The van der Waals surface area contributed by atoms with Gasteiger partial charge in [-0.2, -0.15) is 0 Å². The van der Waals surface area contributed by atoms with Crippen LogP contribution in [0.1, 0.15) is 24.5 Å². The molecule has 0 amide bonds. The first-order valence-corrected chi connectivity index (χ1v) is 6.40. The van der Waals surface area contributed by atoms with Crippen LogP contribution in [0.2, 0.25) is 0 Å². The third kappa shape index (κ3) is 6.21. The number of hydrogen-bond donors (Lipinski definition) is 2. The summed E-state index contributed by atoms with van der Waals surface area (Å²) in [7, 11) is 0. The van der Waals surface area contributed by atoms with Crippen LogP contribution >= 0.6 is 0 Å². The van der Waals surface area contributed by atoms with Gasteiger partial charge in [-0.1, -0.05) is 43.7 Å². The van der Waals surface area contributed by atoms with Crippen molar-refractivity contribution >= 4 is 5.97 Å². The minimum atomic E-state index is -0.900. The van der Waals surface area contributed by atoms with Crippen molar-refractivity contribution in [1.29, 1.82) is 0 Å². The molecule has 0 unspecified atom stereocenters. The van der Waals surface area contributed by atoms with Crippen molar-refractivity contribution in [1.82, 2.24) is 5.32 Å². The lowest BCUT2D eigenvalue weighted by molar-refractivity contribution is -0.131. The molecule has 0 saturated heterocycles. The average molecular weight is 247 g/mol. The standard InChI is InChI=1S/C15H21NO2/c1-2-4-13-6-8-14(9-7-13)10-12-16-11-3-5-15(17)18/h3,5-9,16H,2,4,10-12H2,1H3,(H,17,18)/b5-3+. The first-order valence-electron chi connectivity index (χ1n) is 6.40. The van der Waals surface area contributed by atoms with E-state index in [0.717, 1.165) is 25.5 Å². The Kier molecular flexibility index (Phi) is 6.81. The molecule has 3 heteroatoms. The van der Waals surface area contributed by atoms with Crippen LogP contribution in [0.3, 0.4) is 0 Å². The van der Waals surface area contributed by atoms with Gasteiger partial charge in [0.05, 0.1) is 0 Å². The van der Waals surface area contributed by atoms with Crippen LogP contribution in [0, 0.1) is 0 Å². The Morgan fingerprint density at radius 1 is 1.22 bits per heavy atom. The minimum absolute atomic E-state index is 0.597. The average Bonchev–Trinajstić information content (AvgIpc) is 2.35. The van der Waals surface area contributed by atoms with Gasteiger partial charge in [-0.25, -0.2) is 4.79 Å². The molecule has 0 spiro atoms. The lowest BCUT2D eigenvalue weighted by Crippen LogP contribution is -2.17. The van der Waals surface area contributed by atoms with Gasteiger partial charge in [0.1, 0.15) is 0 Å². The van der Waals surface area contributed by atoms with Gasteiger partial charge in [-0.3, -0.25) is 0 Å². The Bertz CT molecular complexity index is 382. The summed E-state index contributed by atoms with van der Waals surface area (Å²) in [5.41, 5.74) is 2.70. The molecule has 0 fully saturated rings. The second kappa shape index (κ2) is 8.48. The Labute approximate surface area is 109 Å². The number of carbonyl (C=O) groups is 1. The van der Waals surface area contributed by atoms with E-state index in [0.29, 0.717) is 6.54 Å². The van der Waals surface area contributed by atoms with Crippen LogP contribution in [-0.2, 0) is 17.6 Å². The fourth-order valence-corrected chi connectivity index (χ4v) is 1.74. The molecule has 1 rings (SSSR count). The van der Waals surface area contributed by atoms with Gasteiger partial charge in [0.25, 0.3) is 0 Å². The van der Waals surface area contributed by atoms with E-state index in [9.17, 15) is 4.79 Å². The number of carboxylic acids is 1. The molecule has 0 saturated carbocycles. The number of aryl methyl sites for hydroxylation is 1. The van der Waals surface area contributed by atoms with Crippen LogP contribution in [-0.4, -0.2) is 24.2 Å². The molecular formula is C15H21NO2. The third-order valence-corrected chi connectivity index (χ3v) is 2.67. The van der Waals surface area contributed by atoms with E-state index < -0.39 is 5.97 Å². The van der Waals surface area contributed by atoms with Gasteiger partial charge in [-0.15, -0.1) is 0 Å². The summed E-state index contributed by atoms with van der Waals surface area (Å²) >= 11 is 0. The van der Waals surface area contributed by atoms with E-state index in [1.807, 2.05) is 0 Å². The highest BCUT2D eigenvalue weighted by Gasteiger charge is 1.94. The third-order valence-electron chi connectivity index (χ3n) is 2.67. The van der Waals surface area contributed by atoms with Crippen molar-refractivity contribution in [2.24, 2.45) is 0 Å². The van der Waals surface area contributed by atoms with E-state index >= 15 is 0 Å². The molecule has 0 aliphatic heterocycles. The number of hydrogen-bond acceptors (Lipinski definition) is 2. The van der Waals surface area contributed by atoms with Crippen LogP contribution in [0.15, 0.2) is 36.4 Å². The Morgan fingerprint density at radius 3 is 2.39 bits per heavy atom. The maximum Gasteiger partial charge on any atom is 0.328 e. The number of carboxylic acid groups (broad SMARTS) is 1. The van der Waals surface area contributed by atoms with Crippen LogP contribution in [0.25, 0.3) is 0 Å². The van der Waals surface area contributed by atoms with Crippen molar-refractivity contribution in [3.05, 3.63) is 47.5 Å². The zero-order valence-corrected chi connectivity index (χ0v) is 10.9. The SMILES string of the molecule is CCCc1ccc(CCNC/C=C/C(=O)O)cc1. The van der Waals surface area contributed by atoms with E-state index in [1.54, 1.807) is 6.08 Å². The highest BCUT2D eigenvalue weighted by Crippen LogP contribution is 2.06. The van der Waals surface area contributed by atoms with Gasteiger partial charge in [-0.05, 0) is 30.5 Å². The number of rotatable bonds is 8. The summed E-state index contributed by atoms with van der Waals surface area (Å²) in [6.45, 7) is 3.64. The zero-order chi connectivity index (χ0) is 13.2. The maximum absolute atomic E-state index is 10.2. The molecule has 1 aromatic carbocycles. The fourth-order valence-electron chi connectivity index (χ4n) is 1.74. The number of aliphatic carboxylic acids is 1. The maximum atomic E-state index is 10.2. The molecule has 0 aliphatic rings. The van der Waals surface area contributed by atoms with Gasteiger partial charge in [0, 0.05) is 12.6 Å². The Morgan fingerprint density at radius 2 is 1.83 bits per heavy atom. The summed E-state index contributed by atoms with van der Waals surface area (Å²) < 4.78 is 0.